The maximum Gasteiger partial charge on any atom is 0.229 e. The van der Waals surface area contributed by atoms with Crippen molar-refractivity contribution in [2.45, 2.75) is 32.1 Å². The van der Waals surface area contributed by atoms with Gasteiger partial charge in [0, 0.05) is 35.9 Å². The van der Waals surface area contributed by atoms with Gasteiger partial charge in [-0.1, -0.05) is 23.7 Å². The topological polar surface area (TPSA) is 95.6 Å². The van der Waals surface area contributed by atoms with E-state index in [0.29, 0.717) is 39.8 Å². The SMILES string of the molecule is CC(=O)Cc1cnc(Nc2ccccc2Cl)nc1Nc1cc(C2CC2)[nH]n1. The number of halogens is 1. The number of anilines is 4. The molecule has 7 nitrogen and oxygen atoms in total. The van der Waals surface area contributed by atoms with Gasteiger partial charge >= 0.3 is 0 Å². The molecular formula is C19H19ClN6O. The fraction of sp³-hybridized carbons (Fsp3) is 0.263. The van der Waals surface area contributed by atoms with E-state index in [4.69, 9.17) is 11.6 Å². The molecule has 4 rings (SSSR count). The van der Waals surface area contributed by atoms with Gasteiger partial charge in [0.15, 0.2) is 5.82 Å². The molecule has 0 spiro atoms. The number of nitrogens with one attached hydrogen (secondary N) is 3. The zero-order chi connectivity index (χ0) is 18.8. The predicted octanol–water partition coefficient (Wildman–Crippen LogP) is 4.35. The molecular weight excluding hydrogens is 364 g/mol. The minimum atomic E-state index is 0.0363. The van der Waals surface area contributed by atoms with Crippen LogP contribution in [0, 0.1) is 0 Å². The van der Waals surface area contributed by atoms with Gasteiger partial charge in [-0.3, -0.25) is 9.89 Å². The summed E-state index contributed by atoms with van der Waals surface area (Å²) >= 11 is 6.19. The van der Waals surface area contributed by atoms with E-state index in [1.807, 2.05) is 24.3 Å². The third kappa shape index (κ3) is 4.25. The zero-order valence-corrected chi connectivity index (χ0v) is 15.5. The first-order chi connectivity index (χ1) is 13.1. The number of carbonyl (C=O) groups excluding carboxylic acids is 1. The number of H-pyrrole nitrogens is 1. The fourth-order valence-electron chi connectivity index (χ4n) is 2.78. The molecule has 0 radical (unpaired) electrons. The molecule has 1 fully saturated rings. The van der Waals surface area contributed by atoms with Crippen LogP contribution in [0.2, 0.25) is 5.02 Å². The molecule has 0 bridgehead atoms. The number of ketones is 1. The van der Waals surface area contributed by atoms with E-state index >= 15 is 0 Å². The van der Waals surface area contributed by atoms with Gasteiger partial charge in [-0.05, 0) is 31.9 Å². The Balaban J connectivity index is 1.61. The van der Waals surface area contributed by atoms with Crippen molar-refractivity contribution in [3.63, 3.8) is 0 Å². The Morgan fingerprint density at radius 3 is 2.85 bits per heavy atom. The van der Waals surface area contributed by atoms with Gasteiger partial charge in [-0.15, -0.1) is 0 Å². The number of rotatable bonds is 7. The number of carbonyl (C=O) groups is 1. The smallest absolute Gasteiger partial charge is 0.229 e. The first-order valence-electron chi connectivity index (χ1n) is 8.77. The van der Waals surface area contributed by atoms with Crippen molar-refractivity contribution in [2.75, 3.05) is 10.6 Å². The van der Waals surface area contributed by atoms with E-state index in [-0.39, 0.29) is 12.2 Å². The van der Waals surface area contributed by atoms with Crippen LogP contribution < -0.4 is 10.6 Å². The molecule has 1 aliphatic rings. The van der Waals surface area contributed by atoms with Crippen LogP contribution in [0.5, 0.6) is 0 Å². The zero-order valence-electron chi connectivity index (χ0n) is 14.8. The maximum atomic E-state index is 11.6. The third-order valence-electron chi connectivity index (χ3n) is 4.29. The summed E-state index contributed by atoms with van der Waals surface area (Å²) in [5.74, 6) is 2.21. The minimum Gasteiger partial charge on any atom is -0.323 e. The van der Waals surface area contributed by atoms with Crippen molar-refractivity contribution in [3.05, 3.63) is 52.8 Å². The lowest BCUT2D eigenvalue weighted by atomic mass is 10.1. The number of Topliss-reactive ketones (excluding diaryl/α,β-unsaturated/α-hetero) is 1. The van der Waals surface area contributed by atoms with Crippen LogP contribution in [0.4, 0.5) is 23.3 Å². The molecule has 3 aromatic rings. The summed E-state index contributed by atoms with van der Waals surface area (Å²) in [4.78, 5) is 20.4. The van der Waals surface area contributed by atoms with Crippen molar-refractivity contribution >= 4 is 40.7 Å². The van der Waals surface area contributed by atoms with E-state index in [9.17, 15) is 4.79 Å². The summed E-state index contributed by atoms with van der Waals surface area (Å²) in [6.07, 6.45) is 4.27. The quantitative estimate of drug-likeness (QED) is 0.562. The fourth-order valence-corrected chi connectivity index (χ4v) is 2.96. The van der Waals surface area contributed by atoms with E-state index < -0.39 is 0 Å². The summed E-state index contributed by atoms with van der Waals surface area (Å²) in [6, 6.07) is 9.35. The highest BCUT2D eigenvalue weighted by molar-refractivity contribution is 6.33. The second-order valence-corrected chi connectivity index (χ2v) is 7.07. The highest BCUT2D eigenvalue weighted by atomic mass is 35.5. The number of hydrogen-bond donors (Lipinski definition) is 3. The minimum absolute atomic E-state index is 0.0363. The van der Waals surface area contributed by atoms with Crippen LogP contribution in [-0.2, 0) is 11.2 Å². The van der Waals surface area contributed by atoms with E-state index in [0.717, 1.165) is 5.69 Å². The normalized spacial score (nSPS) is 13.4. The number of para-hydroxylation sites is 1. The number of benzene rings is 1. The second kappa shape index (κ2) is 7.36. The summed E-state index contributed by atoms with van der Waals surface area (Å²) in [5.41, 5.74) is 2.54. The van der Waals surface area contributed by atoms with Gasteiger partial charge in [-0.25, -0.2) is 4.98 Å². The Labute approximate surface area is 161 Å². The Hall–Kier alpha value is -2.93. The molecule has 1 aliphatic carbocycles. The van der Waals surface area contributed by atoms with E-state index in [1.54, 1.807) is 19.2 Å². The monoisotopic (exact) mass is 382 g/mol. The Morgan fingerprint density at radius 2 is 2.11 bits per heavy atom. The van der Waals surface area contributed by atoms with Crippen LogP contribution in [-0.4, -0.2) is 25.9 Å². The largest absolute Gasteiger partial charge is 0.323 e. The summed E-state index contributed by atoms with van der Waals surface area (Å²) in [7, 11) is 0. The molecule has 0 amide bonds. The van der Waals surface area contributed by atoms with Crippen molar-refractivity contribution in [1.29, 1.82) is 0 Å². The molecule has 0 aliphatic heterocycles. The number of aromatic nitrogens is 4. The van der Waals surface area contributed by atoms with Crippen molar-refractivity contribution in [2.24, 2.45) is 0 Å². The highest BCUT2D eigenvalue weighted by Crippen LogP contribution is 2.39. The van der Waals surface area contributed by atoms with Crippen LogP contribution in [0.15, 0.2) is 36.5 Å². The van der Waals surface area contributed by atoms with E-state index in [1.165, 1.54) is 12.8 Å². The van der Waals surface area contributed by atoms with Crippen LogP contribution >= 0.6 is 11.6 Å². The van der Waals surface area contributed by atoms with Crippen LogP contribution in [0.1, 0.15) is 36.9 Å². The van der Waals surface area contributed by atoms with Gasteiger partial charge in [0.05, 0.1) is 10.7 Å². The Kier molecular flexibility index (Phi) is 4.77. The van der Waals surface area contributed by atoms with Gasteiger partial charge < -0.3 is 10.6 Å². The molecule has 1 aromatic carbocycles. The van der Waals surface area contributed by atoms with Crippen LogP contribution in [0.3, 0.4) is 0 Å². The first kappa shape index (κ1) is 17.5. The average Bonchev–Trinajstić information content (AvgIpc) is 3.38. The molecule has 2 heterocycles. The molecule has 138 valence electrons. The van der Waals surface area contributed by atoms with Gasteiger partial charge in [-0.2, -0.15) is 10.1 Å². The molecule has 27 heavy (non-hydrogen) atoms. The summed E-state index contributed by atoms with van der Waals surface area (Å²) in [6.45, 7) is 1.54. The molecule has 0 atom stereocenters. The summed E-state index contributed by atoms with van der Waals surface area (Å²) < 4.78 is 0. The maximum absolute atomic E-state index is 11.6. The van der Waals surface area contributed by atoms with Gasteiger partial charge in [0.1, 0.15) is 11.6 Å². The lowest BCUT2D eigenvalue weighted by molar-refractivity contribution is -0.116. The molecule has 2 aromatic heterocycles. The van der Waals surface area contributed by atoms with Crippen molar-refractivity contribution < 1.29 is 4.79 Å². The molecule has 1 saturated carbocycles. The molecule has 3 N–H and O–H groups in total. The number of nitrogens with zero attached hydrogens (tertiary/aromatic N) is 3. The standard InChI is InChI=1S/C19H19ClN6O/c1-11(27)8-13-10-21-19(22-15-5-3-2-4-14(15)20)24-18(13)23-17-9-16(25-26-17)12-6-7-12/h2-5,9-10,12H,6-8H2,1H3,(H3,21,22,23,24,25,26). The average molecular weight is 383 g/mol. The first-order valence-corrected chi connectivity index (χ1v) is 9.15. The van der Waals surface area contributed by atoms with Gasteiger partial charge in [0.25, 0.3) is 0 Å². The Bertz CT molecular complexity index is 982. The van der Waals surface area contributed by atoms with Crippen molar-refractivity contribution in [3.8, 4) is 0 Å². The number of hydrogen-bond acceptors (Lipinski definition) is 6. The van der Waals surface area contributed by atoms with Gasteiger partial charge in [0.2, 0.25) is 5.95 Å². The van der Waals surface area contributed by atoms with Crippen LogP contribution in [0.25, 0.3) is 0 Å². The lowest BCUT2D eigenvalue weighted by Crippen LogP contribution is -2.07. The molecule has 0 saturated heterocycles. The van der Waals surface area contributed by atoms with Crippen molar-refractivity contribution in [1.82, 2.24) is 20.2 Å². The van der Waals surface area contributed by atoms with E-state index in [2.05, 4.69) is 30.8 Å². The predicted molar refractivity (Wildman–Crippen MR) is 105 cm³/mol. The third-order valence-corrected chi connectivity index (χ3v) is 4.62. The lowest BCUT2D eigenvalue weighted by Gasteiger charge is -2.11. The highest BCUT2D eigenvalue weighted by Gasteiger charge is 2.25. The molecule has 0 unspecified atom stereocenters. The summed E-state index contributed by atoms with van der Waals surface area (Å²) in [5, 5.41) is 14.2. The second-order valence-electron chi connectivity index (χ2n) is 6.66. The Morgan fingerprint density at radius 1 is 1.30 bits per heavy atom. The molecule has 8 heteroatoms. The number of aromatic amines is 1.